The van der Waals surface area contributed by atoms with Gasteiger partial charge in [-0.1, -0.05) is 13.8 Å². The van der Waals surface area contributed by atoms with Gasteiger partial charge in [-0.3, -0.25) is 14.2 Å². The molecule has 0 bridgehead atoms. The molecule has 1 saturated heterocycles. The van der Waals surface area contributed by atoms with Crippen LogP contribution >= 0.6 is 7.60 Å². The van der Waals surface area contributed by atoms with E-state index >= 15 is 0 Å². The number of hydrogen-bond donors (Lipinski definition) is 3. The summed E-state index contributed by atoms with van der Waals surface area (Å²) in [4.78, 5) is 34.2. The molecule has 8 heteroatoms. The van der Waals surface area contributed by atoms with E-state index in [2.05, 4.69) is 0 Å². The van der Waals surface area contributed by atoms with Crippen molar-refractivity contribution in [3.05, 3.63) is 0 Å². The topological polar surface area (TPSA) is 107 Å². The number of aliphatic hydroxyl groups is 1. The van der Waals surface area contributed by atoms with Crippen LogP contribution in [0.25, 0.3) is 0 Å². The first-order valence-corrected chi connectivity index (χ1v) is 7.09. The van der Waals surface area contributed by atoms with Crippen molar-refractivity contribution in [1.82, 2.24) is 5.06 Å². The molecular weight excluding hydrogens is 249 g/mol. The van der Waals surface area contributed by atoms with Crippen LogP contribution in [0.1, 0.15) is 20.3 Å². The molecule has 17 heavy (non-hydrogen) atoms. The molecule has 100 valence electrons. The fraction of sp³-hybridized carbons (Fsp3) is 0.889. The normalized spacial score (nSPS) is 25.1. The van der Waals surface area contributed by atoms with Crippen LogP contribution in [0.15, 0.2) is 0 Å². The minimum atomic E-state index is -4.49. The van der Waals surface area contributed by atoms with Gasteiger partial charge in [0.05, 0.1) is 12.5 Å². The summed E-state index contributed by atoms with van der Waals surface area (Å²) in [5, 5.41) is 10.5. The SMILES string of the molecule is CC1CON(CCC(C)C(O)P(=O)(O)O)C1=O. The molecule has 1 aliphatic heterocycles. The zero-order chi connectivity index (χ0) is 13.2. The van der Waals surface area contributed by atoms with E-state index in [0.29, 0.717) is 6.61 Å². The van der Waals surface area contributed by atoms with Crippen LogP contribution in [-0.2, 0) is 14.2 Å². The van der Waals surface area contributed by atoms with Crippen molar-refractivity contribution in [1.29, 1.82) is 0 Å². The zero-order valence-corrected chi connectivity index (χ0v) is 10.7. The van der Waals surface area contributed by atoms with Crippen LogP contribution in [0.3, 0.4) is 0 Å². The van der Waals surface area contributed by atoms with E-state index in [0.717, 1.165) is 0 Å². The van der Waals surface area contributed by atoms with Crippen LogP contribution in [0.2, 0.25) is 0 Å². The van der Waals surface area contributed by atoms with Gasteiger partial charge in [0.25, 0.3) is 5.91 Å². The number of nitrogens with zero attached hydrogens (tertiary/aromatic N) is 1. The van der Waals surface area contributed by atoms with E-state index in [1.54, 1.807) is 6.92 Å². The lowest BCUT2D eigenvalue weighted by atomic mass is 10.1. The Kier molecular flexibility index (Phi) is 4.69. The number of carbonyl (C=O) groups excluding carboxylic acids is 1. The minimum Gasteiger partial charge on any atom is -0.380 e. The molecule has 0 radical (unpaired) electrons. The van der Waals surface area contributed by atoms with Crippen molar-refractivity contribution in [3.63, 3.8) is 0 Å². The van der Waals surface area contributed by atoms with Crippen molar-refractivity contribution >= 4 is 13.5 Å². The van der Waals surface area contributed by atoms with E-state index in [9.17, 15) is 14.5 Å². The molecule has 0 aliphatic carbocycles. The van der Waals surface area contributed by atoms with Crippen LogP contribution in [0.4, 0.5) is 0 Å². The number of aliphatic hydroxyl groups excluding tert-OH is 1. The summed E-state index contributed by atoms with van der Waals surface area (Å²) >= 11 is 0. The van der Waals surface area contributed by atoms with Crippen LogP contribution < -0.4 is 0 Å². The van der Waals surface area contributed by atoms with E-state index in [1.165, 1.54) is 12.0 Å². The van der Waals surface area contributed by atoms with Crippen molar-refractivity contribution in [3.8, 4) is 0 Å². The number of rotatable bonds is 5. The van der Waals surface area contributed by atoms with Gasteiger partial charge in [-0.2, -0.15) is 0 Å². The van der Waals surface area contributed by atoms with Gasteiger partial charge in [0, 0.05) is 6.54 Å². The Hall–Kier alpha value is -0.460. The predicted molar refractivity (Wildman–Crippen MR) is 58.7 cm³/mol. The van der Waals surface area contributed by atoms with E-state index in [-0.39, 0.29) is 24.8 Å². The lowest BCUT2D eigenvalue weighted by Gasteiger charge is -2.22. The van der Waals surface area contributed by atoms with Gasteiger partial charge in [0.15, 0.2) is 5.85 Å². The average molecular weight is 267 g/mol. The molecule has 0 saturated carbocycles. The highest BCUT2D eigenvalue weighted by atomic mass is 31.2. The fourth-order valence-electron chi connectivity index (χ4n) is 1.56. The second kappa shape index (κ2) is 5.46. The predicted octanol–water partition coefficient (Wildman–Crippen LogP) is -0.0814. The van der Waals surface area contributed by atoms with E-state index < -0.39 is 19.4 Å². The maximum Gasteiger partial charge on any atom is 0.354 e. The quantitative estimate of drug-likeness (QED) is 0.601. The van der Waals surface area contributed by atoms with E-state index in [4.69, 9.17) is 14.6 Å². The summed E-state index contributed by atoms with van der Waals surface area (Å²) in [7, 11) is -4.49. The van der Waals surface area contributed by atoms with Crippen LogP contribution in [-0.4, -0.2) is 44.9 Å². The van der Waals surface area contributed by atoms with E-state index in [1.807, 2.05) is 0 Å². The van der Waals surface area contributed by atoms with Gasteiger partial charge in [0.2, 0.25) is 0 Å². The van der Waals surface area contributed by atoms with Gasteiger partial charge >= 0.3 is 7.60 Å². The highest BCUT2D eigenvalue weighted by Crippen LogP contribution is 2.44. The van der Waals surface area contributed by atoms with Gasteiger partial charge in [-0.25, -0.2) is 5.06 Å². The summed E-state index contributed by atoms with van der Waals surface area (Å²) in [6.45, 7) is 3.82. The van der Waals surface area contributed by atoms with Crippen molar-refractivity contribution in [2.45, 2.75) is 26.1 Å². The lowest BCUT2D eigenvalue weighted by molar-refractivity contribution is -0.162. The van der Waals surface area contributed by atoms with Gasteiger partial charge < -0.3 is 14.9 Å². The molecule has 1 heterocycles. The first-order chi connectivity index (χ1) is 7.73. The smallest absolute Gasteiger partial charge is 0.354 e. The van der Waals surface area contributed by atoms with Gasteiger partial charge in [-0.05, 0) is 12.3 Å². The minimum absolute atomic E-state index is 0.136. The first-order valence-electron chi connectivity index (χ1n) is 5.41. The largest absolute Gasteiger partial charge is 0.380 e. The zero-order valence-electron chi connectivity index (χ0n) is 9.81. The maximum atomic E-state index is 11.5. The standard InChI is InChI=1S/C9H18NO6P/c1-6(9(12)17(13,14)15)3-4-10-8(11)7(2)5-16-10/h6-7,9,12H,3-5H2,1-2H3,(H2,13,14,15). The molecule has 3 N–H and O–H groups in total. The van der Waals surface area contributed by atoms with Crippen molar-refractivity contribution in [2.75, 3.05) is 13.2 Å². The average Bonchev–Trinajstić information content (AvgIpc) is 2.54. The summed E-state index contributed by atoms with van der Waals surface area (Å²) in [5.41, 5.74) is 0. The molecule has 0 spiro atoms. The third-order valence-electron chi connectivity index (χ3n) is 2.79. The third-order valence-corrected chi connectivity index (χ3v) is 3.99. The van der Waals surface area contributed by atoms with Gasteiger partial charge in [0.1, 0.15) is 0 Å². The summed E-state index contributed by atoms with van der Waals surface area (Å²) < 4.78 is 10.8. The molecule has 3 atom stereocenters. The number of amides is 1. The molecule has 0 aromatic heterocycles. The van der Waals surface area contributed by atoms with Crippen LogP contribution in [0, 0.1) is 11.8 Å². The molecule has 1 rings (SSSR count). The summed E-state index contributed by atoms with van der Waals surface area (Å²) in [5.74, 6) is -2.62. The Labute approximate surface area is 99.5 Å². The molecule has 1 amide bonds. The number of hydroxylamine groups is 2. The molecule has 0 aromatic rings. The van der Waals surface area contributed by atoms with Crippen LogP contribution in [0.5, 0.6) is 0 Å². The number of carbonyl (C=O) groups is 1. The summed E-state index contributed by atoms with van der Waals surface area (Å²) in [6.07, 6.45) is 0.269. The molecule has 0 aromatic carbocycles. The molecule has 7 nitrogen and oxygen atoms in total. The van der Waals surface area contributed by atoms with Gasteiger partial charge in [-0.15, -0.1) is 0 Å². The highest BCUT2D eigenvalue weighted by Gasteiger charge is 2.34. The molecular formula is C9H18NO6P. The third kappa shape index (κ3) is 3.76. The number of hydrogen-bond acceptors (Lipinski definition) is 4. The molecule has 1 fully saturated rings. The van der Waals surface area contributed by atoms with Crippen molar-refractivity contribution in [2.24, 2.45) is 11.8 Å². The Balaban J connectivity index is 2.41. The monoisotopic (exact) mass is 267 g/mol. The Morgan fingerprint density at radius 3 is 2.59 bits per heavy atom. The second-order valence-corrected chi connectivity index (χ2v) is 6.11. The Morgan fingerprint density at radius 2 is 2.18 bits per heavy atom. The molecule has 3 unspecified atom stereocenters. The highest BCUT2D eigenvalue weighted by molar-refractivity contribution is 7.52. The fourth-order valence-corrected chi connectivity index (χ4v) is 2.37. The second-order valence-electron chi connectivity index (χ2n) is 4.41. The first kappa shape index (κ1) is 14.6. The maximum absolute atomic E-state index is 11.5. The lowest BCUT2D eigenvalue weighted by Crippen LogP contribution is -2.29. The Bertz CT molecular complexity index is 329. The molecule has 1 aliphatic rings. The van der Waals surface area contributed by atoms with Crippen molar-refractivity contribution < 1.29 is 29.1 Å². The Morgan fingerprint density at radius 1 is 1.59 bits per heavy atom. The summed E-state index contributed by atoms with van der Waals surface area (Å²) in [6, 6.07) is 0.